The van der Waals surface area contributed by atoms with Gasteiger partial charge in [-0.15, -0.1) is 0 Å². The second kappa shape index (κ2) is 9.42. The molecule has 0 saturated carbocycles. The lowest BCUT2D eigenvalue weighted by atomic mass is 9.89. The molecule has 1 aromatic carbocycles. The summed E-state index contributed by atoms with van der Waals surface area (Å²) in [5, 5.41) is 16.2. The molecule has 1 aromatic rings. The third-order valence-corrected chi connectivity index (χ3v) is 3.88. The van der Waals surface area contributed by atoms with Crippen molar-refractivity contribution in [2.24, 2.45) is 5.92 Å². The van der Waals surface area contributed by atoms with Crippen LogP contribution in [0.3, 0.4) is 0 Å². The number of hydrogen-bond donors (Lipinski definition) is 3. The van der Waals surface area contributed by atoms with E-state index < -0.39 is 5.60 Å². The quantitative estimate of drug-likeness (QED) is 0.640. The Morgan fingerprint density at radius 3 is 1.88 bits per heavy atom. The van der Waals surface area contributed by atoms with Gasteiger partial charge in [0.2, 0.25) is 11.8 Å². The Bertz CT molecular complexity index is 532. The molecule has 0 saturated heterocycles. The lowest BCUT2D eigenvalue weighted by molar-refractivity contribution is -0.122. The zero-order valence-corrected chi connectivity index (χ0v) is 15.2. The normalized spacial score (nSPS) is 11.4. The standard InChI is InChI=1S/C19H30N2O3/c1-5-11-19(24,12-6-2)13-17(22)20-15-7-9-16(10-8-15)21-18(23)14(3)4/h7-10,14,24H,5-6,11-13H2,1-4H3,(H,20,22)(H,21,23). The van der Waals surface area contributed by atoms with E-state index in [9.17, 15) is 14.7 Å². The molecule has 0 aromatic heterocycles. The van der Waals surface area contributed by atoms with Crippen LogP contribution in [0.4, 0.5) is 11.4 Å². The first-order chi connectivity index (χ1) is 11.3. The number of amides is 2. The fraction of sp³-hybridized carbons (Fsp3) is 0.579. The van der Waals surface area contributed by atoms with Gasteiger partial charge >= 0.3 is 0 Å². The molecular formula is C19H30N2O3. The van der Waals surface area contributed by atoms with Gasteiger partial charge in [-0.05, 0) is 37.1 Å². The fourth-order valence-electron chi connectivity index (χ4n) is 2.66. The molecule has 0 fully saturated rings. The number of anilines is 2. The van der Waals surface area contributed by atoms with Crippen LogP contribution in [-0.4, -0.2) is 22.5 Å². The molecule has 0 heterocycles. The maximum atomic E-state index is 12.2. The smallest absolute Gasteiger partial charge is 0.227 e. The first-order valence-electron chi connectivity index (χ1n) is 8.73. The molecule has 0 atom stereocenters. The SMILES string of the molecule is CCCC(O)(CCC)CC(=O)Nc1ccc(NC(=O)C(C)C)cc1. The molecule has 0 spiro atoms. The Hall–Kier alpha value is -1.88. The first kappa shape index (κ1) is 20.2. The number of nitrogens with one attached hydrogen (secondary N) is 2. The van der Waals surface area contributed by atoms with Crippen LogP contribution < -0.4 is 10.6 Å². The van der Waals surface area contributed by atoms with Crippen LogP contribution in [0.5, 0.6) is 0 Å². The maximum Gasteiger partial charge on any atom is 0.227 e. The van der Waals surface area contributed by atoms with E-state index in [2.05, 4.69) is 10.6 Å². The second-order valence-electron chi connectivity index (χ2n) is 6.67. The number of hydrogen-bond acceptors (Lipinski definition) is 3. The second-order valence-corrected chi connectivity index (χ2v) is 6.67. The van der Waals surface area contributed by atoms with E-state index in [0.717, 1.165) is 12.8 Å². The van der Waals surface area contributed by atoms with E-state index in [4.69, 9.17) is 0 Å². The van der Waals surface area contributed by atoms with Gasteiger partial charge in [-0.25, -0.2) is 0 Å². The Balaban J connectivity index is 2.62. The minimum atomic E-state index is -0.932. The predicted octanol–water partition coefficient (Wildman–Crippen LogP) is 3.94. The largest absolute Gasteiger partial charge is 0.389 e. The summed E-state index contributed by atoms with van der Waals surface area (Å²) in [4.78, 5) is 23.8. The third kappa shape index (κ3) is 6.71. The van der Waals surface area contributed by atoms with Crippen molar-refractivity contribution in [2.45, 2.75) is 65.4 Å². The van der Waals surface area contributed by atoms with Gasteiger partial charge in [-0.2, -0.15) is 0 Å². The lowest BCUT2D eigenvalue weighted by Crippen LogP contribution is -2.33. The predicted molar refractivity (Wildman–Crippen MR) is 97.9 cm³/mol. The Morgan fingerprint density at radius 2 is 1.46 bits per heavy atom. The van der Waals surface area contributed by atoms with Gasteiger partial charge < -0.3 is 15.7 Å². The highest BCUT2D eigenvalue weighted by Crippen LogP contribution is 2.24. The summed E-state index contributed by atoms with van der Waals surface area (Å²) in [5.41, 5.74) is 0.414. The zero-order chi connectivity index (χ0) is 18.2. The Kier molecular flexibility index (Phi) is 7.92. The van der Waals surface area contributed by atoms with Gasteiger partial charge in [0.15, 0.2) is 0 Å². The summed E-state index contributed by atoms with van der Waals surface area (Å²) in [7, 11) is 0. The molecule has 5 nitrogen and oxygen atoms in total. The van der Waals surface area contributed by atoms with Crippen LogP contribution >= 0.6 is 0 Å². The zero-order valence-electron chi connectivity index (χ0n) is 15.2. The van der Waals surface area contributed by atoms with Crippen LogP contribution in [0.1, 0.15) is 59.8 Å². The maximum absolute atomic E-state index is 12.2. The molecule has 5 heteroatoms. The number of carbonyl (C=O) groups excluding carboxylic acids is 2. The average Bonchev–Trinajstić information content (AvgIpc) is 2.49. The minimum Gasteiger partial charge on any atom is -0.389 e. The first-order valence-corrected chi connectivity index (χ1v) is 8.73. The molecule has 0 aliphatic heterocycles. The van der Waals surface area contributed by atoms with Crippen molar-refractivity contribution in [3.05, 3.63) is 24.3 Å². The molecule has 0 aliphatic rings. The fourth-order valence-corrected chi connectivity index (χ4v) is 2.66. The molecule has 24 heavy (non-hydrogen) atoms. The van der Waals surface area contributed by atoms with Crippen molar-refractivity contribution in [1.29, 1.82) is 0 Å². The van der Waals surface area contributed by atoms with Crippen LogP contribution in [0.2, 0.25) is 0 Å². The molecule has 3 N–H and O–H groups in total. The summed E-state index contributed by atoms with van der Waals surface area (Å²) in [6.07, 6.45) is 3.02. The van der Waals surface area contributed by atoms with E-state index >= 15 is 0 Å². The Labute approximate surface area is 144 Å². The highest BCUT2D eigenvalue weighted by molar-refractivity contribution is 5.93. The van der Waals surface area contributed by atoms with Gasteiger partial charge in [-0.3, -0.25) is 9.59 Å². The summed E-state index contributed by atoms with van der Waals surface area (Å²) in [6.45, 7) is 7.67. The van der Waals surface area contributed by atoms with E-state index in [0.29, 0.717) is 24.2 Å². The lowest BCUT2D eigenvalue weighted by Gasteiger charge is -2.26. The summed E-state index contributed by atoms with van der Waals surface area (Å²) in [6, 6.07) is 6.99. The molecule has 0 bridgehead atoms. The summed E-state index contributed by atoms with van der Waals surface area (Å²) in [5.74, 6) is -0.325. The summed E-state index contributed by atoms with van der Waals surface area (Å²) < 4.78 is 0. The Morgan fingerprint density at radius 1 is 1.00 bits per heavy atom. The molecule has 134 valence electrons. The minimum absolute atomic E-state index is 0.0454. The van der Waals surface area contributed by atoms with E-state index in [1.165, 1.54) is 0 Å². The average molecular weight is 334 g/mol. The van der Waals surface area contributed by atoms with E-state index in [1.54, 1.807) is 24.3 Å². The molecular weight excluding hydrogens is 304 g/mol. The van der Waals surface area contributed by atoms with Crippen molar-refractivity contribution in [2.75, 3.05) is 10.6 Å². The molecule has 0 radical (unpaired) electrons. The summed E-state index contributed by atoms with van der Waals surface area (Å²) >= 11 is 0. The number of carbonyl (C=O) groups is 2. The highest BCUT2D eigenvalue weighted by Gasteiger charge is 2.28. The van der Waals surface area contributed by atoms with Gasteiger partial charge in [-0.1, -0.05) is 40.5 Å². The highest BCUT2D eigenvalue weighted by atomic mass is 16.3. The van der Waals surface area contributed by atoms with Crippen molar-refractivity contribution in [1.82, 2.24) is 0 Å². The van der Waals surface area contributed by atoms with Gasteiger partial charge in [0.1, 0.15) is 0 Å². The molecule has 0 aliphatic carbocycles. The van der Waals surface area contributed by atoms with E-state index in [1.807, 2.05) is 27.7 Å². The third-order valence-electron chi connectivity index (χ3n) is 3.88. The number of benzene rings is 1. The van der Waals surface area contributed by atoms with Crippen molar-refractivity contribution >= 4 is 23.2 Å². The topological polar surface area (TPSA) is 78.4 Å². The van der Waals surface area contributed by atoms with Crippen molar-refractivity contribution < 1.29 is 14.7 Å². The van der Waals surface area contributed by atoms with Crippen LogP contribution in [-0.2, 0) is 9.59 Å². The van der Waals surface area contributed by atoms with Gasteiger partial charge in [0.25, 0.3) is 0 Å². The monoisotopic (exact) mass is 334 g/mol. The van der Waals surface area contributed by atoms with E-state index in [-0.39, 0.29) is 24.2 Å². The van der Waals surface area contributed by atoms with Crippen molar-refractivity contribution in [3.63, 3.8) is 0 Å². The van der Waals surface area contributed by atoms with Crippen LogP contribution in [0, 0.1) is 5.92 Å². The van der Waals surface area contributed by atoms with Crippen LogP contribution in [0.25, 0.3) is 0 Å². The van der Waals surface area contributed by atoms with Gasteiger partial charge in [0.05, 0.1) is 12.0 Å². The number of aliphatic hydroxyl groups is 1. The van der Waals surface area contributed by atoms with Crippen molar-refractivity contribution in [3.8, 4) is 0 Å². The molecule has 1 rings (SSSR count). The molecule has 2 amide bonds. The van der Waals surface area contributed by atoms with Gasteiger partial charge in [0, 0.05) is 17.3 Å². The molecule has 0 unspecified atom stereocenters. The number of rotatable bonds is 9. The van der Waals surface area contributed by atoms with Crippen LogP contribution in [0.15, 0.2) is 24.3 Å².